The number of rotatable bonds is 3. The van der Waals surface area contributed by atoms with Gasteiger partial charge >= 0.3 is 0 Å². The Kier molecular flexibility index (Phi) is 3.38. The molecule has 144 valence electrons. The lowest BCUT2D eigenvalue weighted by molar-refractivity contribution is -0.0884. The molecule has 29 heavy (non-hydrogen) atoms. The first-order valence-corrected chi connectivity index (χ1v) is 10.1. The number of fused-ring (bicyclic) bond motifs is 2. The van der Waals surface area contributed by atoms with Gasteiger partial charge in [-0.15, -0.1) is 0 Å². The molecule has 2 bridgehead atoms. The topological polar surface area (TPSA) is 95.6 Å². The van der Waals surface area contributed by atoms with Gasteiger partial charge in [0.25, 0.3) is 5.56 Å². The van der Waals surface area contributed by atoms with Gasteiger partial charge in [0.1, 0.15) is 17.3 Å². The second-order valence-electron chi connectivity index (χ2n) is 8.52. The average Bonchev–Trinajstić information content (AvgIpc) is 2.67. The summed E-state index contributed by atoms with van der Waals surface area (Å²) in [6.07, 6.45) is 5.71. The van der Waals surface area contributed by atoms with Gasteiger partial charge in [-0.1, -0.05) is 6.07 Å². The zero-order chi connectivity index (χ0) is 19.6. The SMILES string of the molecule is N#Cc1cc2cnc(Nc3ccc4c(c3)CCNC4)nc2n(C23CC(C2)C3)c1=O. The van der Waals surface area contributed by atoms with Crippen molar-refractivity contribution in [1.29, 1.82) is 5.26 Å². The maximum Gasteiger partial charge on any atom is 0.270 e. The second-order valence-corrected chi connectivity index (χ2v) is 8.52. The first-order valence-electron chi connectivity index (χ1n) is 10.1. The van der Waals surface area contributed by atoms with Crippen molar-refractivity contribution >= 4 is 22.7 Å². The molecule has 0 spiro atoms. The number of aromatic nitrogens is 3. The van der Waals surface area contributed by atoms with E-state index in [2.05, 4.69) is 27.8 Å². The van der Waals surface area contributed by atoms with Gasteiger partial charge in [-0.05, 0) is 67.5 Å². The smallest absolute Gasteiger partial charge is 0.270 e. The van der Waals surface area contributed by atoms with Gasteiger partial charge in [-0.3, -0.25) is 9.36 Å². The van der Waals surface area contributed by atoms with Crippen molar-refractivity contribution in [2.75, 3.05) is 11.9 Å². The number of benzene rings is 1. The van der Waals surface area contributed by atoms with Gasteiger partial charge in [-0.25, -0.2) is 4.98 Å². The summed E-state index contributed by atoms with van der Waals surface area (Å²) < 4.78 is 1.77. The van der Waals surface area contributed by atoms with E-state index in [9.17, 15) is 10.1 Å². The highest BCUT2D eigenvalue weighted by atomic mass is 16.1. The van der Waals surface area contributed by atoms with Gasteiger partial charge in [0.2, 0.25) is 5.95 Å². The summed E-state index contributed by atoms with van der Waals surface area (Å²) in [5.41, 5.74) is 3.99. The Balaban J connectivity index is 1.44. The molecular formula is C22H20N6O. The molecule has 3 fully saturated rings. The molecule has 0 unspecified atom stereocenters. The Hall–Kier alpha value is -3.24. The predicted molar refractivity (Wildman–Crippen MR) is 109 cm³/mol. The van der Waals surface area contributed by atoms with E-state index in [1.807, 2.05) is 12.1 Å². The molecule has 2 aromatic heterocycles. The lowest BCUT2D eigenvalue weighted by Gasteiger charge is -2.62. The van der Waals surface area contributed by atoms with Gasteiger partial charge < -0.3 is 10.6 Å². The molecule has 2 N–H and O–H groups in total. The lowest BCUT2D eigenvalue weighted by Crippen LogP contribution is -2.62. The van der Waals surface area contributed by atoms with Crippen molar-refractivity contribution < 1.29 is 0 Å². The molecule has 7 heteroatoms. The first-order chi connectivity index (χ1) is 14.1. The van der Waals surface area contributed by atoms with Crippen molar-refractivity contribution in [3.05, 3.63) is 57.5 Å². The van der Waals surface area contributed by atoms with Crippen LogP contribution in [0.5, 0.6) is 0 Å². The average molecular weight is 384 g/mol. The second kappa shape index (κ2) is 5.88. The predicted octanol–water partition coefficient (Wildman–Crippen LogP) is 2.56. The molecule has 3 heterocycles. The summed E-state index contributed by atoms with van der Waals surface area (Å²) in [6, 6.07) is 9.96. The molecule has 0 amide bonds. The van der Waals surface area contributed by atoms with E-state index in [1.165, 1.54) is 11.1 Å². The zero-order valence-corrected chi connectivity index (χ0v) is 15.9. The third kappa shape index (κ3) is 2.42. The molecule has 3 aliphatic carbocycles. The van der Waals surface area contributed by atoms with E-state index >= 15 is 0 Å². The highest BCUT2D eigenvalue weighted by molar-refractivity contribution is 5.78. The fourth-order valence-corrected chi connectivity index (χ4v) is 5.07. The summed E-state index contributed by atoms with van der Waals surface area (Å²) >= 11 is 0. The number of nitrogens with one attached hydrogen (secondary N) is 2. The Labute approximate surface area is 167 Å². The van der Waals surface area contributed by atoms with Crippen molar-refractivity contribution in [3.8, 4) is 6.07 Å². The number of nitriles is 1. The maximum absolute atomic E-state index is 13.0. The first kappa shape index (κ1) is 16.7. The number of hydrogen-bond donors (Lipinski definition) is 2. The van der Waals surface area contributed by atoms with Crippen LogP contribution in [0.25, 0.3) is 11.0 Å². The molecule has 3 aromatic rings. The Morgan fingerprint density at radius 3 is 2.86 bits per heavy atom. The van der Waals surface area contributed by atoms with E-state index < -0.39 is 0 Å². The van der Waals surface area contributed by atoms with E-state index in [4.69, 9.17) is 4.98 Å². The van der Waals surface area contributed by atoms with Crippen LogP contribution in [0.2, 0.25) is 0 Å². The standard InChI is InChI=1S/C22H20N6O/c23-10-16-5-17-12-25-21(26-18-2-1-15-11-24-4-3-14(15)6-18)27-19(17)28(20(16)29)22-7-13(8-22)9-22/h1-2,5-6,12-13,24H,3-4,7-9,11H2,(H,25,26,27). The molecule has 0 saturated heterocycles. The summed E-state index contributed by atoms with van der Waals surface area (Å²) in [7, 11) is 0. The molecule has 3 saturated carbocycles. The van der Waals surface area contributed by atoms with Crippen LogP contribution in [-0.4, -0.2) is 21.1 Å². The molecule has 1 aliphatic heterocycles. The van der Waals surface area contributed by atoms with Crippen LogP contribution in [-0.2, 0) is 18.5 Å². The molecule has 1 aromatic carbocycles. The molecule has 7 rings (SSSR count). The van der Waals surface area contributed by atoms with Gasteiger partial charge in [0.15, 0.2) is 0 Å². The van der Waals surface area contributed by atoms with Gasteiger partial charge in [0.05, 0.1) is 5.54 Å². The van der Waals surface area contributed by atoms with E-state index in [0.29, 0.717) is 17.5 Å². The summed E-state index contributed by atoms with van der Waals surface area (Å²) in [6.45, 7) is 1.89. The van der Waals surface area contributed by atoms with E-state index in [-0.39, 0.29) is 16.7 Å². The minimum absolute atomic E-state index is 0.155. The molecule has 7 nitrogen and oxygen atoms in total. The van der Waals surface area contributed by atoms with Crippen LogP contribution in [0.4, 0.5) is 11.6 Å². The van der Waals surface area contributed by atoms with Crippen LogP contribution < -0.4 is 16.2 Å². The third-order valence-corrected chi connectivity index (χ3v) is 6.69. The summed E-state index contributed by atoms with van der Waals surface area (Å²) in [5, 5.41) is 16.8. The van der Waals surface area contributed by atoms with E-state index in [1.54, 1.807) is 16.8 Å². The number of hydrogen-bond acceptors (Lipinski definition) is 6. The van der Waals surface area contributed by atoms with Crippen LogP contribution in [0.1, 0.15) is 36.0 Å². The third-order valence-electron chi connectivity index (χ3n) is 6.69. The molecule has 4 aliphatic rings. The molecule has 0 radical (unpaired) electrons. The number of anilines is 2. The zero-order valence-electron chi connectivity index (χ0n) is 15.9. The number of nitrogens with zero attached hydrogens (tertiary/aromatic N) is 4. The highest BCUT2D eigenvalue weighted by Crippen LogP contribution is 2.62. The van der Waals surface area contributed by atoms with Crippen LogP contribution in [0, 0.1) is 17.2 Å². The van der Waals surface area contributed by atoms with Crippen molar-refractivity contribution in [1.82, 2.24) is 19.9 Å². The number of pyridine rings is 1. The lowest BCUT2D eigenvalue weighted by atomic mass is 9.49. The van der Waals surface area contributed by atoms with Crippen molar-refractivity contribution in [2.45, 2.75) is 37.8 Å². The monoisotopic (exact) mass is 384 g/mol. The van der Waals surface area contributed by atoms with Crippen LogP contribution in [0.15, 0.2) is 35.3 Å². The van der Waals surface area contributed by atoms with Gasteiger partial charge in [0, 0.05) is 23.8 Å². The van der Waals surface area contributed by atoms with E-state index in [0.717, 1.165) is 49.8 Å². The maximum atomic E-state index is 13.0. The van der Waals surface area contributed by atoms with Crippen molar-refractivity contribution in [2.24, 2.45) is 5.92 Å². The minimum atomic E-state index is -0.232. The van der Waals surface area contributed by atoms with Gasteiger partial charge in [-0.2, -0.15) is 10.2 Å². The summed E-state index contributed by atoms with van der Waals surface area (Å²) in [5.74, 6) is 1.18. The van der Waals surface area contributed by atoms with Crippen molar-refractivity contribution in [3.63, 3.8) is 0 Å². The van der Waals surface area contributed by atoms with Crippen LogP contribution in [0.3, 0.4) is 0 Å². The largest absolute Gasteiger partial charge is 0.324 e. The molecule has 0 atom stereocenters. The Bertz CT molecular complexity index is 1250. The quantitative estimate of drug-likeness (QED) is 0.721. The minimum Gasteiger partial charge on any atom is -0.324 e. The fraction of sp³-hybridized carbons (Fsp3) is 0.364. The summed E-state index contributed by atoms with van der Waals surface area (Å²) in [4.78, 5) is 22.1. The normalized spacial score (nSPS) is 24.2. The fourth-order valence-electron chi connectivity index (χ4n) is 5.07. The highest BCUT2D eigenvalue weighted by Gasteiger charge is 2.59. The Morgan fingerprint density at radius 2 is 2.10 bits per heavy atom. The van der Waals surface area contributed by atoms with Crippen LogP contribution >= 0.6 is 0 Å². The molecular weight excluding hydrogens is 364 g/mol. The Morgan fingerprint density at radius 1 is 1.24 bits per heavy atom.